The average molecular weight is 248 g/mol. The van der Waals surface area contributed by atoms with Gasteiger partial charge in [0.15, 0.2) is 0 Å². The molecule has 0 spiro atoms. The van der Waals surface area contributed by atoms with Crippen molar-refractivity contribution in [1.29, 1.82) is 0 Å². The summed E-state index contributed by atoms with van der Waals surface area (Å²) < 4.78 is 5.18. The van der Waals surface area contributed by atoms with Crippen LogP contribution in [0.5, 0.6) is 0 Å². The minimum absolute atomic E-state index is 0.630. The van der Waals surface area contributed by atoms with E-state index in [1.807, 2.05) is 24.6 Å². The number of hydrogen-bond acceptors (Lipinski definition) is 4. The Labute approximate surface area is 105 Å². The molecule has 0 bridgehead atoms. The summed E-state index contributed by atoms with van der Waals surface area (Å²) in [5, 5.41) is 3.43. The summed E-state index contributed by atoms with van der Waals surface area (Å²) in [5.74, 6) is 0. The summed E-state index contributed by atoms with van der Waals surface area (Å²) >= 11 is 1.68. The minimum atomic E-state index is 0.630. The molecule has 0 saturated carbocycles. The number of aromatic nitrogens is 1. The predicted octanol–water partition coefficient (Wildman–Crippen LogP) is 3.21. The molecule has 17 heavy (non-hydrogen) atoms. The van der Waals surface area contributed by atoms with Crippen molar-refractivity contribution in [3.05, 3.63) is 45.9 Å². The number of nitrogens with one attached hydrogen (secondary N) is 1. The Morgan fingerprint density at radius 1 is 1.35 bits per heavy atom. The first kappa shape index (κ1) is 12.1. The number of anilines is 1. The second-order valence-electron chi connectivity index (χ2n) is 3.80. The lowest BCUT2D eigenvalue weighted by molar-refractivity contribution is 0.185. The fraction of sp³-hybridized carbons (Fsp3) is 0.308. The highest BCUT2D eigenvalue weighted by molar-refractivity contribution is 7.09. The number of para-hydroxylation sites is 1. The molecule has 1 heterocycles. The zero-order valence-corrected chi connectivity index (χ0v) is 10.9. The van der Waals surface area contributed by atoms with E-state index in [0.717, 1.165) is 17.9 Å². The molecule has 1 N–H and O–H groups in total. The first-order valence-corrected chi connectivity index (χ1v) is 6.39. The molecule has 3 nitrogen and oxygen atoms in total. The number of hydrogen-bond donors (Lipinski definition) is 1. The molecule has 1 aromatic carbocycles. The molecule has 0 radical (unpaired) electrons. The summed E-state index contributed by atoms with van der Waals surface area (Å²) in [6, 6.07) is 8.20. The van der Waals surface area contributed by atoms with Crippen LogP contribution in [-0.2, 0) is 17.9 Å². The normalized spacial score (nSPS) is 10.5. The molecule has 2 rings (SSSR count). The lowest BCUT2D eigenvalue weighted by Crippen LogP contribution is -2.02. The number of ether oxygens (including phenoxy) is 1. The number of nitrogens with zero attached hydrogens (tertiary/aromatic N) is 1. The molecule has 0 fully saturated rings. The van der Waals surface area contributed by atoms with Gasteiger partial charge in [0, 0.05) is 23.2 Å². The van der Waals surface area contributed by atoms with Crippen molar-refractivity contribution in [2.75, 3.05) is 12.4 Å². The molecule has 0 aliphatic rings. The van der Waals surface area contributed by atoms with Gasteiger partial charge in [-0.05, 0) is 13.0 Å². The quantitative estimate of drug-likeness (QED) is 0.882. The van der Waals surface area contributed by atoms with Crippen LogP contribution in [0.15, 0.2) is 29.8 Å². The van der Waals surface area contributed by atoms with Crippen molar-refractivity contribution >= 4 is 17.0 Å². The molecule has 90 valence electrons. The Bertz CT molecular complexity index is 482. The summed E-state index contributed by atoms with van der Waals surface area (Å²) in [7, 11) is 1.71. The summed E-state index contributed by atoms with van der Waals surface area (Å²) in [6.45, 7) is 3.48. The van der Waals surface area contributed by atoms with Gasteiger partial charge >= 0.3 is 0 Å². The molecule has 0 atom stereocenters. The van der Waals surface area contributed by atoms with Gasteiger partial charge in [0.25, 0.3) is 0 Å². The van der Waals surface area contributed by atoms with Gasteiger partial charge in [-0.3, -0.25) is 0 Å². The monoisotopic (exact) mass is 248 g/mol. The van der Waals surface area contributed by atoms with Crippen molar-refractivity contribution in [1.82, 2.24) is 4.98 Å². The van der Waals surface area contributed by atoms with Crippen molar-refractivity contribution in [2.24, 2.45) is 0 Å². The first-order valence-electron chi connectivity index (χ1n) is 5.51. The minimum Gasteiger partial charge on any atom is -0.380 e. The zero-order chi connectivity index (χ0) is 12.1. The highest BCUT2D eigenvalue weighted by Gasteiger charge is 2.04. The van der Waals surface area contributed by atoms with E-state index in [9.17, 15) is 0 Å². The Kier molecular flexibility index (Phi) is 4.12. The van der Waals surface area contributed by atoms with Gasteiger partial charge in [0.05, 0.1) is 24.4 Å². The van der Waals surface area contributed by atoms with E-state index >= 15 is 0 Å². The van der Waals surface area contributed by atoms with Crippen LogP contribution >= 0.6 is 11.3 Å². The first-order chi connectivity index (χ1) is 8.31. The number of methoxy groups -OCH3 is 1. The van der Waals surface area contributed by atoms with Gasteiger partial charge in [0.1, 0.15) is 0 Å². The van der Waals surface area contributed by atoms with Crippen LogP contribution in [0.2, 0.25) is 0 Å². The molecule has 0 aliphatic carbocycles. The SMILES string of the molecule is COCc1ccccc1NCc1scnc1C. The van der Waals surface area contributed by atoms with Gasteiger partial charge in [0.2, 0.25) is 0 Å². The third-order valence-electron chi connectivity index (χ3n) is 2.60. The Morgan fingerprint density at radius 3 is 2.88 bits per heavy atom. The predicted molar refractivity (Wildman–Crippen MR) is 71.3 cm³/mol. The average Bonchev–Trinajstić information content (AvgIpc) is 2.74. The zero-order valence-electron chi connectivity index (χ0n) is 10.1. The molecule has 0 unspecified atom stereocenters. The van der Waals surface area contributed by atoms with Crippen LogP contribution in [0.25, 0.3) is 0 Å². The highest BCUT2D eigenvalue weighted by atomic mass is 32.1. The lowest BCUT2D eigenvalue weighted by Gasteiger charge is -2.10. The lowest BCUT2D eigenvalue weighted by atomic mass is 10.2. The van der Waals surface area contributed by atoms with Crippen LogP contribution < -0.4 is 5.32 Å². The van der Waals surface area contributed by atoms with Gasteiger partial charge < -0.3 is 10.1 Å². The van der Waals surface area contributed by atoms with Crippen molar-refractivity contribution < 1.29 is 4.74 Å². The largest absolute Gasteiger partial charge is 0.380 e. The third kappa shape index (κ3) is 3.05. The van der Waals surface area contributed by atoms with E-state index in [1.54, 1.807) is 18.4 Å². The van der Waals surface area contributed by atoms with E-state index < -0.39 is 0 Å². The molecular weight excluding hydrogens is 232 g/mol. The summed E-state index contributed by atoms with van der Waals surface area (Å²) in [6.07, 6.45) is 0. The van der Waals surface area contributed by atoms with Crippen LogP contribution in [0, 0.1) is 6.92 Å². The summed E-state index contributed by atoms with van der Waals surface area (Å²) in [4.78, 5) is 5.52. The maximum Gasteiger partial charge on any atom is 0.0798 e. The number of aryl methyl sites for hydroxylation is 1. The fourth-order valence-corrected chi connectivity index (χ4v) is 2.36. The molecule has 0 aliphatic heterocycles. The standard InChI is InChI=1S/C13H16N2OS/c1-10-13(17-9-15-10)7-14-12-6-4-3-5-11(12)8-16-2/h3-6,9,14H,7-8H2,1-2H3. The van der Waals surface area contributed by atoms with Gasteiger partial charge in [-0.2, -0.15) is 0 Å². The van der Waals surface area contributed by atoms with Crippen LogP contribution in [0.4, 0.5) is 5.69 Å². The molecule has 4 heteroatoms. The topological polar surface area (TPSA) is 34.1 Å². The van der Waals surface area contributed by atoms with Gasteiger partial charge in [-0.25, -0.2) is 4.98 Å². The third-order valence-corrected chi connectivity index (χ3v) is 3.54. The smallest absolute Gasteiger partial charge is 0.0798 e. The number of rotatable bonds is 5. The van der Waals surface area contributed by atoms with E-state index in [0.29, 0.717) is 6.61 Å². The second-order valence-corrected chi connectivity index (χ2v) is 4.74. The highest BCUT2D eigenvalue weighted by Crippen LogP contribution is 2.19. The second kappa shape index (κ2) is 5.80. The van der Waals surface area contributed by atoms with E-state index in [1.165, 1.54) is 10.4 Å². The van der Waals surface area contributed by atoms with Crippen LogP contribution in [0.3, 0.4) is 0 Å². The molecular formula is C13H16N2OS. The van der Waals surface area contributed by atoms with E-state index in [2.05, 4.69) is 22.4 Å². The van der Waals surface area contributed by atoms with Crippen LogP contribution in [0.1, 0.15) is 16.1 Å². The Hall–Kier alpha value is -1.39. The van der Waals surface area contributed by atoms with Gasteiger partial charge in [-0.1, -0.05) is 18.2 Å². The Balaban J connectivity index is 2.06. The maximum absolute atomic E-state index is 5.18. The number of benzene rings is 1. The molecule has 2 aromatic rings. The van der Waals surface area contributed by atoms with Crippen molar-refractivity contribution in [3.63, 3.8) is 0 Å². The fourth-order valence-electron chi connectivity index (χ4n) is 1.65. The molecule has 1 aromatic heterocycles. The summed E-state index contributed by atoms with van der Waals surface area (Å²) in [5.41, 5.74) is 5.29. The molecule has 0 amide bonds. The Morgan fingerprint density at radius 2 is 2.18 bits per heavy atom. The number of thiazole rings is 1. The van der Waals surface area contributed by atoms with Crippen LogP contribution in [-0.4, -0.2) is 12.1 Å². The van der Waals surface area contributed by atoms with Crippen molar-refractivity contribution in [2.45, 2.75) is 20.1 Å². The van der Waals surface area contributed by atoms with E-state index in [-0.39, 0.29) is 0 Å². The van der Waals surface area contributed by atoms with Crippen molar-refractivity contribution in [3.8, 4) is 0 Å². The molecule has 0 saturated heterocycles. The van der Waals surface area contributed by atoms with Gasteiger partial charge in [-0.15, -0.1) is 11.3 Å². The maximum atomic E-state index is 5.18. The van der Waals surface area contributed by atoms with E-state index in [4.69, 9.17) is 4.74 Å².